The number of aliphatic hydroxyl groups excluding tert-OH is 1. The summed E-state index contributed by atoms with van der Waals surface area (Å²) in [5, 5.41) is 16.4. The molecule has 1 heterocycles. The van der Waals surface area contributed by atoms with Crippen molar-refractivity contribution in [3.8, 4) is 0 Å². The van der Waals surface area contributed by atoms with Gasteiger partial charge in [-0.15, -0.1) is 0 Å². The Balaban J connectivity index is 1.80. The highest BCUT2D eigenvalue weighted by molar-refractivity contribution is 5.74. The van der Waals surface area contributed by atoms with Gasteiger partial charge in [0, 0.05) is 49.0 Å². The second-order valence-electron chi connectivity index (χ2n) is 11.2. The van der Waals surface area contributed by atoms with Crippen LogP contribution in [0.3, 0.4) is 0 Å². The van der Waals surface area contributed by atoms with Gasteiger partial charge in [0.15, 0.2) is 0 Å². The molecule has 1 aromatic rings. The summed E-state index contributed by atoms with van der Waals surface area (Å²) in [6, 6.07) is 9.64. The molecule has 2 aliphatic rings. The van der Waals surface area contributed by atoms with Crippen LogP contribution in [-0.2, 0) is 5.54 Å². The number of nitrogens with zero attached hydrogens (tertiary/aromatic N) is 1. The quantitative estimate of drug-likeness (QED) is 0.161. The van der Waals surface area contributed by atoms with Gasteiger partial charge in [-0.2, -0.15) is 0 Å². The first kappa shape index (κ1) is 31.6. The Labute approximate surface area is 242 Å². The minimum absolute atomic E-state index is 0.0193. The Morgan fingerprint density at radius 1 is 1.12 bits per heavy atom. The third-order valence-corrected chi connectivity index (χ3v) is 8.34. The summed E-state index contributed by atoms with van der Waals surface area (Å²) in [7, 11) is 0. The number of allylic oxidation sites excluding steroid dienone is 9. The number of nitrogens with one attached hydrogen (secondary N) is 2. The minimum atomic E-state index is -0.142. The molecule has 0 radical (unpaired) electrons. The van der Waals surface area contributed by atoms with E-state index in [2.05, 4.69) is 73.2 Å². The summed E-state index contributed by atoms with van der Waals surface area (Å²) < 4.78 is 13.8. The van der Waals surface area contributed by atoms with Crippen molar-refractivity contribution in [2.24, 2.45) is 0 Å². The maximum absolute atomic E-state index is 13.8. The van der Waals surface area contributed by atoms with Gasteiger partial charge in [-0.3, -0.25) is 0 Å². The van der Waals surface area contributed by atoms with E-state index in [1.807, 2.05) is 25.2 Å². The van der Waals surface area contributed by atoms with Crippen LogP contribution in [0, 0.1) is 0 Å². The number of likely N-dealkylation sites (tertiary alicyclic amines) is 1. The van der Waals surface area contributed by atoms with Crippen molar-refractivity contribution in [2.75, 3.05) is 19.6 Å². The molecule has 3 rings (SSSR count). The standard InChI is InChI=1S/C35H50FN3O/c1-6-11-29(13-9-10-24-40)30-14-16-31(17-15-30)35(20-22-39(23-21-35)33(8-3)12-7-2)37-26-28(5)38-32-18-19-34(36)27(4)25-32/h9-11,13-17,24-25,33,37-38,40H,5-8,12,18-23,26H2,1-4H3/b13-9-,24-10+,29-11+. The Morgan fingerprint density at radius 2 is 1.85 bits per heavy atom. The van der Waals surface area contributed by atoms with Crippen LogP contribution in [0.25, 0.3) is 5.57 Å². The third kappa shape index (κ3) is 8.55. The maximum Gasteiger partial charge on any atom is 0.103 e. The molecular weight excluding hydrogens is 497 g/mol. The zero-order valence-corrected chi connectivity index (χ0v) is 25.1. The smallest absolute Gasteiger partial charge is 0.103 e. The summed E-state index contributed by atoms with van der Waals surface area (Å²) in [6.07, 6.45) is 18.5. The highest BCUT2D eigenvalue weighted by atomic mass is 19.1. The van der Waals surface area contributed by atoms with Gasteiger partial charge in [-0.1, -0.05) is 76.3 Å². The van der Waals surface area contributed by atoms with Crippen LogP contribution in [0.1, 0.15) is 90.2 Å². The molecule has 3 N–H and O–H groups in total. The third-order valence-electron chi connectivity index (χ3n) is 8.34. The predicted molar refractivity (Wildman–Crippen MR) is 168 cm³/mol. The second-order valence-corrected chi connectivity index (χ2v) is 11.2. The lowest BCUT2D eigenvalue weighted by molar-refractivity contribution is 0.0912. The van der Waals surface area contributed by atoms with Crippen molar-refractivity contribution in [2.45, 2.75) is 90.6 Å². The molecule has 40 heavy (non-hydrogen) atoms. The van der Waals surface area contributed by atoms with Crippen LogP contribution in [0.5, 0.6) is 0 Å². The molecule has 5 heteroatoms. The molecule has 218 valence electrons. The molecular formula is C35H50FN3O. The lowest BCUT2D eigenvalue weighted by Gasteiger charge is -2.45. The van der Waals surface area contributed by atoms with Crippen molar-refractivity contribution in [3.63, 3.8) is 0 Å². The van der Waals surface area contributed by atoms with E-state index in [-0.39, 0.29) is 11.4 Å². The monoisotopic (exact) mass is 547 g/mol. The fourth-order valence-electron chi connectivity index (χ4n) is 6.01. The SMILES string of the molecule is C=C(CNC1(c2ccc(C(/C=C\C=C\O)=C/CC)cc2)CCN(C(CC)CCC)CC1)NC1=CC(C)=C(F)CC1. The van der Waals surface area contributed by atoms with E-state index in [0.29, 0.717) is 31.0 Å². The average molecular weight is 548 g/mol. The zero-order valence-electron chi connectivity index (χ0n) is 25.1. The van der Waals surface area contributed by atoms with E-state index in [9.17, 15) is 4.39 Å². The average Bonchev–Trinajstić information content (AvgIpc) is 2.97. The first-order valence-electron chi connectivity index (χ1n) is 15.1. The Hall–Kier alpha value is -2.89. The summed E-state index contributed by atoms with van der Waals surface area (Å²) in [6.45, 7) is 15.6. The number of hydrogen-bond donors (Lipinski definition) is 3. The topological polar surface area (TPSA) is 47.5 Å². The molecule has 4 nitrogen and oxygen atoms in total. The Bertz CT molecular complexity index is 1120. The molecule has 1 saturated heterocycles. The van der Waals surface area contributed by atoms with Crippen molar-refractivity contribution < 1.29 is 9.50 Å². The summed E-state index contributed by atoms with van der Waals surface area (Å²) in [5.41, 5.74) is 6.12. The van der Waals surface area contributed by atoms with Crippen LogP contribution in [0.4, 0.5) is 4.39 Å². The number of halogens is 1. The molecule has 0 aromatic heterocycles. The van der Waals surface area contributed by atoms with Crippen molar-refractivity contribution in [3.05, 3.63) is 101 Å². The molecule has 0 saturated carbocycles. The molecule has 1 fully saturated rings. The highest BCUT2D eigenvalue weighted by Gasteiger charge is 2.37. The minimum Gasteiger partial charge on any atom is -0.516 e. The van der Waals surface area contributed by atoms with E-state index in [1.165, 1.54) is 30.4 Å². The molecule has 1 aliphatic carbocycles. The van der Waals surface area contributed by atoms with Crippen LogP contribution in [0.15, 0.2) is 90.3 Å². The Morgan fingerprint density at radius 3 is 2.45 bits per heavy atom. The van der Waals surface area contributed by atoms with E-state index in [1.54, 1.807) is 6.08 Å². The molecule has 1 aromatic carbocycles. The molecule has 0 spiro atoms. The van der Waals surface area contributed by atoms with Crippen LogP contribution < -0.4 is 10.6 Å². The normalized spacial score (nSPS) is 19.3. The summed E-state index contributed by atoms with van der Waals surface area (Å²) >= 11 is 0. The fraction of sp³-hybridized carbons (Fsp3) is 0.486. The van der Waals surface area contributed by atoms with Gasteiger partial charge < -0.3 is 20.6 Å². The number of rotatable bonds is 14. The number of benzene rings is 1. The van der Waals surface area contributed by atoms with Gasteiger partial charge in [0.2, 0.25) is 0 Å². The first-order chi connectivity index (χ1) is 19.4. The second kappa shape index (κ2) is 15.8. The van der Waals surface area contributed by atoms with Gasteiger partial charge >= 0.3 is 0 Å². The lowest BCUT2D eigenvalue weighted by atomic mass is 9.79. The Kier molecular flexibility index (Phi) is 12.5. The van der Waals surface area contributed by atoms with Crippen molar-refractivity contribution in [1.29, 1.82) is 0 Å². The van der Waals surface area contributed by atoms with E-state index >= 15 is 0 Å². The summed E-state index contributed by atoms with van der Waals surface area (Å²) in [4.78, 5) is 2.68. The zero-order chi connectivity index (χ0) is 29.0. The lowest BCUT2D eigenvalue weighted by Crippen LogP contribution is -2.54. The molecule has 1 atom stereocenters. The molecule has 1 unspecified atom stereocenters. The van der Waals surface area contributed by atoms with Crippen molar-refractivity contribution >= 4 is 5.57 Å². The van der Waals surface area contributed by atoms with E-state index in [0.717, 1.165) is 55.6 Å². The van der Waals surface area contributed by atoms with Gasteiger partial charge in [0.1, 0.15) is 5.83 Å². The summed E-state index contributed by atoms with van der Waals surface area (Å²) in [5.74, 6) is -0.0193. The largest absolute Gasteiger partial charge is 0.516 e. The van der Waals surface area contributed by atoms with Gasteiger partial charge in [-0.05, 0) is 79.9 Å². The van der Waals surface area contributed by atoms with Gasteiger partial charge in [0.25, 0.3) is 0 Å². The van der Waals surface area contributed by atoms with Crippen LogP contribution in [-0.4, -0.2) is 35.7 Å². The van der Waals surface area contributed by atoms with Crippen molar-refractivity contribution in [1.82, 2.24) is 15.5 Å². The number of hydrogen-bond acceptors (Lipinski definition) is 4. The van der Waals surface area contributed by atoms with E-state index in [4.69, 9.17) is 5.11 Å². The fourth-order valence-corrected chi connectivity index (χ4v) is 6.01. The molecule has 0 bridgehead atoms. The predicted octanol–water partition coefficient (Wildman–Crippen LogP) is 8.59. The number of piperidine rings is 1. The number of aliphatic hydroxyl groups is 1. The van der Waals surface area contributed by atoms with Crippen LogP contribution in [0.2, 0.25) is 0 Å². The molecule has 0 amide bonds. The van der Waals surface area contributed by atoms with Crippen LogP contribution >= 0.6 is 0 Å². The highest BCUT2D eigenvalue weighted by Crippen LogP contribution is 2.35. The van der Waals surface area contributed by atoms with Gasteiger partial charge in [0.05, 0.1) is 6.26 Å². The first-order valence-corrected chi connectivity index (χ1v) is 15.1. The maximum atomic E-state index is 13.8. The molecule has 1 aliphatic heterocycles. The van der Waals surface area contributed by atoms with E-state index < -0.39 is 0 Å². The van der Waals surface area contributed by atoms with Gasteiger partial charge in [-0.25, -0.2) is 4.39 Å².